The normalized spacial score (nSPS) is 11.0. The highest BCUT2D eigenvalue weighted by atomic mass is 35.5. The third kappa shape index (κ3) is 6.79. The van der Waals surface area contributed by atoms with E-state index in [0.717, 1.165) is 0 Å². The van der Waals surface area contributed by atoms with Gasteiger partial charge in [-0.25, -0.2) is 10.2 Å². The number of para-hydroxylation sites is 1. The standard InChI is InChI=1S/C23H16Cl3N3O4/c1-13(28-29-22(31)21(30)27-18-11-16(25)10-17(26)12-18)19-7-2-3-8-20(19)33-23(32)14-5-4-6-15(24)9-14/h2-12H,1H3,(H,27,30)(H,29,31). The zero-order valence-corrected chi connectivity index (χ0v) is 19.3. The molecule has 168 valence electrons. The van der Waals surface area contributed by atoms with Crippen molar-refractivity contribution >= 4 is 64.0 Å². The van der Waals surface area contributed by atoms with Gasteiger partial charge in [0.25, 0.3) is 0 Å². The fourth-order valence-electron chi connectivity index (χ4n) is 2.69. The van der Waals surface area contributed by atoms with E-state index in [9.17, 15) is 14.4 Å². The minimum absolute atomic E-state index is 0.219. The fourth-order valence-corrected chi connectivity index (χ4v) is 3.40. The molecule has 0 radical (unpaired) electrons. The number of nitrogens with one attached hydrogen (secondary N) is 2. The summed E-state index contributed by atoms with van der Waals surface area (Å²) in [5.74, 6) is -2.37. The average Bonchev–Trinajstić information content (AvgIpc) is 2.76. The number of hydrogen-bond acceptors (Lipinski definition) is 5. The first-order valence-electron chi connectivity index (χ1n) is 9.42. The minimum Gasteiger partial charge on any atom is -0.422 e. The number of amides is 2. The molecule has 0 aromatic heterocycles. The third-order valence-corrected chi connectivity index (χ3v) is 4.86. The molecule has 0 unspecified atom stereocenters. The smallest absolute Gasteiger partial charge is 0.343 e. The van der Waals surface area contributed by atoms with Crippen molar-refractivity contribution in [2.45, 2.75) is 6.92 Å². The van der Waals surface area contributed by atoms with Crippen LogP contribution in [0, 0.1) is 0 Å². The van der Waals surface area contributed by atoms with Crippen molar-refractivity contribution in [1.82, 2.24) is 5.43 Å². The molecule has 2 N–H and O–H groups in total. The van der Waals surface area contributed by atoms with Crippen LogP contribution in [0.25, 0.3) is 0 Å². The topological polar surface area (TPSA) is 96.9 Å². The number of benzene rings is 3. The second-order valence-electron chi connectivity index (χ2n) is 6.65. The van der Waals surface area contributed by atoms with Gasteiger partial charge in [0, 0.05) is 26.3 Å². The van der Waals surface area contributed by atoms with E-state index in [1.54, 1.807) is 49.4 Å². The molecular formula is C23H16Cl3N3O4. The quantitative estimate of drug-likeness (QED) is 0.161. The first-order chi connectivity index (χ1) is 15.7. The van der Waals surface area contributed by atoms with E-state index < -0.39 is 17.8 Å². The summed E-state index contributed by atoms with van der Waals surface area (Å²) in [7, 11) is 0. The number of carbonyl (C=O) groups excluding carboxylic acids is 3. The van der Waals surface area contributed by atoms with Crippen LogP contribution in [0.4, 0.5) is 5.69 Å². The molecule has 3 aromatic carbocycles. The van der Waals surface area contributed by atoms with Crippen LogP contribution < -0.4 is 15.5 Å². The van der Waals surface area contributed by atoms with Gasteiger partial charge in [-0.15, -0.1) is 0 Å². The number of esters is 1. The van der Waals surface area contributed by atoms with Gasteiger partial charge in [-0.05, 0) is 55.5 Å². The van der Waals surface area contributed by atoms with E-state index in [-0.39, 0.29) is 17.0 Å². The first kappa shape index (κ1) is 24.3. The van der Waals surface area contributed by atoms with Gasteiger partial charge in [0.05, 0.1) is 11.3 Å². The Kier molecular flexibility index (Phi) is 8.06. The van der Waals surface area contributed by atoms with Crippen LogP contribution in [-0.2, 0) is 9.59 Å². The average molecular weight is 505 g/mol. The van der Waals surface area contributed by atoms with Crippen LogP contribution in [0.15, 0.2) is 71.8 Å². The Morgan fingerprint density at radius 3 is 2.21 bits per heavy atom. The summed E-state index contributed by atoms with van der Waals surface area (Å²) in [4.78, 5) is 36.7. The second kappa shape index (κ2) is 11.0. The Bertz CT molecular complexity index is 1240. The van der Waals surface area contributed by atoms with Crippen LogP contribution in [0.1, 0.15) is 22.8 Å². The number of carbonyl (C=O) groups is 3. The minimum atomic E-state index is -1.01. The molecular weight excluding hydrogens is 489 g/mol. The number of nitrogens with zero attached hydrogens (tertiary/aromatic N) is 1. The van der Waals surface area contributed by atoms with E-state index in [4.69, 9.17) is 39.5 Å². The van der Waals surface area contributed by atoms with Gasteiger partial charge in [0.15, 0.2) is 0 Å². The molecule has 2 amide bonds. The number of halogens is 3. The molecule has 10 heteroatoms. The predicted molar refractivity (Wildman–Crippen MR) is 128 cm³/mol. The van der Waals surface area contributed by atoms with Crippen molar-refractivity contribution in [2.24, 2.45) is 5.10 Å². The Morgan fingerprint density at radius 1 is 0.818 bits per heavy atom. The van der Waals surface area contributed by atoms with Crippen molar-refractivity contribution < 1.29 is 19.1 Å². The highest BCUT2D eigenvalue weighted by Crippen LogP contribution is 2.23. The fraction of sp³-hybridized carbons (Fsp3) is 0.0435. The third-order valence-electron chi connectivity index (χ3n) is 4.19. The van der Waals surface area contributed by atoms with Gasteiger partial charge in [-0.1, -0.05) is 53.0 Å². The number of anilines is 1. The molecule has 0 atom stereocenters. The van der Waals surface area contributed by atoms with Crippen molar-refractivity contribution in [2.75, 3.05) is 5.32 Å². The summed E-state index contributed by atoms with van der Waals surface area (Å²) in [6.45, 7) is 1.58. The van der Waals surface area contributed by atoms with Crippen LogP contribution in [0.3, 0.4) is 0 Å². The molecule has 7 nitrogen and oxygen atoms in total. The molecule has 0 aliphatic rings. The molecule has 0 fully saturated rings. The molecule has 0 aliphatic heterocycles. The van der Waals surface area contributed by atoms with Crippen molar-refractivity contribution in [3.8, 4) is 5.75 Å². The summed E-state index contributed by atoms with van der Waals surface area (Å²) in [6, 6.07) is 17.3. The summed E-state index contributed by atoms with van der Waals surface area (Å²) in [6.07, 6.45) is 0. The summed E-state index contributed by atoms with van der Waals surface area (Å²) in [5, 5.41) is 7.32. The van der Waals surface area contributed by atoms with Gasteiger partial charge in [-0.3, -0.25) is 9.59 Å². The lowest BCUT2D eigenvalue weighted by molar-refractivity contribution is -0.136. The number of ether oxygens (including phenoxy) is 1. The van der Waals surface area contributed by atoms with Crippen LogP contribution in [-0.4, -0.2) is 23.5 Å². The SMILES string of the molecule is CC(=NNC(=O)C(=O)Nc1cc(Cl)cc(Cl)c1)c1ccccc1OC(=O)c1cccc(Cl)c1. The lowest BCUT2D eigenvalue weighted by Gasteiger charge is -2.10. The maximum Gasteiger partial charge on any atom is 0.343 e. The molecule has 0 aliphatic carbocycles. The van der Waals surface area contributed by atoms with Crippen LogP contribution in [0.2, 0.25) is 15.1 Å². The highest BCUT2D eigenvalue weighted by molar-refractivity contribution is 6.40. The van der Waals surface area contributed by atoms with Gasteiger partial charge >= 0.3 is 17.8 Å². The predicted octanol–water partition coefficient (Wildman–Crippen LogP) is 5.34. The molecule has 0 bridgehead atoms. The maximum absolute atomic E-state index is 12.5. The summed E-state index contributed by atoms with van der Waals surface area (Å²) < 4.78 is 5.47. The van der Waals surface area contributed by atoms with Crippen molar-refractivity contribution in [3.63, 3.8) is 0 Å². The van der Waals surface area contributed by atoms with Crippen LogP contribution in [0.5, 0.6) is 5.75 Å². The van der Waals surface area contributed by atoms with Gasteiger partial charge in [-0.2, -0.15) is 5.10 Å². The van der Waals surface area contributed by atoms with E-state index in [0.29, 0.717) is 26.3 Å². The Morgan fingerprint density at radius 2 is 1.52 bits per heavy atom. The van der Waals surface area contributed by atoms with Gasteiger partial charge < -0.3 is 10.1 Å². The van der Waals surface area contributed by atoms with E-state index >= 15 is 0 Å². The first-order valence-corrected chi connectivity index (χ1v) is 10.5. The van der Waals surface area contributed by atoms with Crippen molar-refractivity contribution in [1.29, 1.82) is 0 Å². The Balaban J connectivity index is 1.69. The zero-order chi connectivity index (χ0) is 24.0. The molecule has 33 heavy (non-hydrogen) atoms. The number of hydrazone groups is 1. The molecule has 3 aromatic rings. The monoisotopic (exact) mass is 503 g/mol. The largest absolute Gasteiger partial charge is 0.422 e. The maximum atomic E-state index is 12.5. The molecule has 3 rings (SSSR count). The lowest BCUT2D eigenvalue weighted by atomic mass is 10.1. The van der Waals surface area contributed by atoms with E-state index in [1.807, 2.05) is 0 Å². The highest BCUT2D eigenvalue weighted by Gasteiger charge is 2.16. The van der Waals surface area contributed by atoms with Gasteiger partial charge in [0.2, 0.25) is 0 Å². The van der Waals surface area contributed by atoms with E-state index in [2.05, 4.69) is 15.8 Å². The van der Waals surface area contributed by atoms with E-state index in [1.165, 1.54) is 24.3 Å². The number of hydrogen-bond donors (Lipinski definition) is 2. The Labute approximate surface area is 204 Å². The molecule has 0 saturated heterocycles. The molecule has 0 spiro atoms. The van der Waals surface area contributed by atoms with Gasteiger partial charge in [0.1, 0.15) is 5.75 Å². The number of rotatable bonds is 5. The van der Waals surface area contributed by atoms with Crippen LogP contribution >= 0.6 is 34.8 Å². The molecule has 0 saturated carbocycles. The Hall–Kier alpha value is -3.39. The lowest BCUT2D eigenvalue weighted by Crippen LogP contribution is -2.33. The van der Waals surface area contributed by atoms with Crippen molar-refractivity contribution in [3.05, 3.63) is 92.9 Å². The summed E-state index contributed by atoms with van der Waals surface area (Å²) >= 11 is 17.7. The molecule has 0 heterocycles. The second-order valence-corrected chi connectivity index (χ2v) is 7.96. The zero-order valence-electron chi connectivity index (χ0n) is 17.1. The summed E-state index contributed by atoms with van der Waals surface area (Å²) in [5.41, 5.74) is 3.44.